The minimum absolute atomic E-state index is 0.0377. The summed E-state index contributed by atoms with van der Waals surface area (Å²) in [6.07, 6.45) is 0.615. The summed E-state index contributed by atoms with van der Waals surface area (Å²) in [5, 5.41) is 13.8. The van der Waals surface area contributed by atoms with E-state index in [4.69, 9.17) is 5.73 Å². The highest BCUT2D eigenvalue weighted by atomic mass is 19.1. The summed E-state index contributed by atoms with van der Waals surface area (Å²) in [7, 11) is 0. The van der Waals surface area contributed by atoms with E-state index in [2.05, 4.69) is 14.7 Å². The number of anilines is 1. The van der Waals surface area contributed by atoms with Crippen LogP contribution in [0.1, 0.15) is 31.0 Å². The predicted octanol–water partition coefficient (Wildman–Crippen LogP) is 1.32. The summed E-state index contributed by atoms with van der Waals surface area (Å²) in [6.45, 7) is 4.31. The highest BCUT2D eigenvalue weighted by Gasteiger charge is 2.39. The van der Waals surface area contributed by atoms with Crippen LogP contribution in [0.25, 0.3) is 11.4 Å². The highest BCUT2D eigenvalue weighted by molar-refractivity contribution is 5.88. The molecule has 1 saturated heterocycles. The Balaban J connectivity index is 1.90. The molecule has 8 heteroatoms. The zero-order valence-electron chi connectivity index (χ0n) is 12.8. The van der Waals surface area contributed by atoms with Gasteiger partial charge >= 0.3 is 11.8 Å². The predicted molar refractivity (Wildman–Crippen MR) is 80.3 cm³/mol. The fourth-order valence-electron chi connectivity index (χ4n) is 2.73. The highest BCUT2D eigenvalue weighted by Crippen LogP contribution is 2.34. The number of nitrogens with zero attached hydrogens (tertiary/aromatic N) is 3. The number of hydrogen-bond acceptors (Lipinski definition) is 6. The third-order valence-electron chi connectivity index (χ3n) is 4.39. The lowest BCUT2D eigenvalue weighted by molar-refractivity contribution is 0.0565. The number of nitrogens with two attached hydrogens (primary N) is 1. The third-order valence-corrected chi connectivity index (χ3v) is 4.39. The number of carbonyl (C=O) groups excluding carboxylic acids is 1. The maximum Gasteiger partial charge on any atom is 0.316 e. The molecule has 3 rings (SSSR count). The van der Waals surface area contributed by atoms with Crippen LogP contribution < -0.4 is 10.6 Å². The smallest absolute Gasteiger partial charge is 0.316 e. The van der Waals surface area contributed by atoms with Crippen molar-refractivity contribution in [1.82, 2.24) is 10.1 Å². The first-order chi connectivity index (χ1) is 10.8. The molecule has 0 saturated carbocycles. The van der Waals surface area contributed by atoms with E-state index in [1.54, 1.807) is 13.0 Å². The van der Waals surface area contributed by atoms with Crippen LogP contribution in [-0.4, -0.2) is 39.3 Å². The number of carbonyl (C=O) groups is 1. The summed E-state index contributed by atoms with van der Waals surface area (Å²) >= 11 is 0. The largest absolute Gasteiger partial charge is 0.388 e. The lowest BCUT2D eigenvalue weighted by Gasteiger charge is -2.29. The molecule has 2 aromatic rings. The summed E-state index contributed by atoms with van der Waals surface area (Å²) in [5.41, 5.74) is 5.00. The molecule has 1 aromatic carbocycles. The van der Waals surface area contributed by atoms with Gasteiger partial charge in [0.05, 0.1) is 17.2 Å². The van der Waals surface area contributed by atoms with Gasteiger partial charge in [0.1, 0.15) is 5.82 Å². The van der Waals surface area contributed by atoms with Crippen LogP contribution in [-0.2, 0) is 0 Å². The minimum atomic E-state index is -0.867. The normalized spacial score (nSPS) is 24.2. The molecule has 122 valence electrons. The number of halogens is 1. The van der Waals surface area contributed by atoms with Crippen molar-refractivity contribution in [3.05, 3.63) is 29.9 Å². The van der Waals surface area contributed by atoms with Crippen molar-refractivity contribution in [2.75, 3.05) is 11.4 Å². The van der Waals surface area contributed by atoms with Crippen LogP contribution in [0.15, 0.2) is 22.7 Å². The molecular weight excluding hydrogens is 303 g/mol. The average molecular weight is 320 g/mol. The number of rotatable bonds is 3. The molecule has 2 heterocycles. The molecule has 1 aliphatic rings. The Labute approximate surface area is 131 Å². The minimum Gasteiger partial charge on any atom is -0.388 e. The number of primary amides is 1. The van der Waals surface area contributed by atoms with E-state index in [1.807, 2.05) is 11.8 Å². The summed E-state index contributed by atoms with van der Waals surface area (Å²) in [6, 6.07) is 4.46. The van der Waals surface area contributed by atoms with Gasteiger partial charge in [0, 0.05) is 12.2 Å². The topological polar surface area (TPSA) is 105 Å². The molecule has 0 bridgehead atoms. The van der Waals surface area contributed by atoms with Gasteiger partial charge in [-0.3, -0.25) is 4.79 Å². The fraction of sp³-hybridized carbons (Fsp3) is 0.400. The van der Waals surface area contributed by atoms with Crippen molar-refractivity contribution in [3.63, 3.8) is 0 Å². The Hall–Kier alpha value is -2.48. The molecule has 7 nitrogen and oxygen atoms in total. The quantitative estimate of drug-likeness (QED) is 0.883. The second-order valence-electron chi connectivity index (χ2n) is 5.93. The van der Waals surface area contributed by atoms with Gasteiger partial charge in [-0.15, -0.1) is 0 Å². The van der Waals surface area contributed by atoms with Gasteiger partial charge in [0.25, 0.3) is 0 Å². The molecule has 23 heavy (non-hydrogen) atoms. The molecule has 3 N–H and O–H groups in total. The van der Waals surface area contributed by atoms with Gasteiger partial charge in [-0.05, 0) is 38.5 Å². The maximum absolute atomic E-state index is 14.4. The van der Waals surface area contributed by atoms with E-state index in [-0.39, 0.29) is 23.3 Å². The lowest BCUT2D eigenvalue weighted by Crippen LogP contribution is -2.40. The average Bonchev–Trinajstić information content (AvgIpc) is 3.06. The van der Waals surface area contributed by atoms with Crippen LogP contribution in [0.4, 0.5) is 10.1 Å². The molecule has 2 atom stereocenters. The summed E-state index contributed by atoms with van der Waals surface area (Å²) in [5.74, 6) is -1.82. The van der Waals surface area contributed by atoms with E-state index < -0.39 is 17.3 Å². The standard InChI is InChI=1S/C15H17FN4O3/c1-8-15(2,22)5-6-20(8)9-3-4-10(11(16)7-9)13-18-14(12(17)21)23-19-13/h3-4,7-8,22H,5-6H2,1-2H3,(H2,17,21)/t8-,15?/m0/s1. The van der Waals surface area contributed by atoms with Crippen LogP contribution >= 0.6 is 0 Å². The first-order valence-electron chi connectivity index (χ1n) is 7.22. The molecule has 0 aliphatic carbocycles. The first-order valence-corrected chi connectivity index (χ1v) is 7.22. The van der Waals surface area contributed by atoms with Crippen molar-refractivity contribution in [1.29, 1.82) is 0 Å². The number of aromatic nitrogens is 2. The number of benzene rings is 1. The Morgan fingerprint density at radius 2 is 2.30 bits per heavy atom. The molecule has 1 fully saturated rings. The van der Waals surface area contributed by atoms with E-state index in [1.165, 1.54) is 12.1 Å². The monoisotopic (exact) mass is 320 g/mol. The summed E-state index contributed by atoms with van der Waals surface area (Å²) in [4.78, 5) is 16.7. The fourth-order valence-corrected chi connectivity index (χ4v) is 2.73. The number of aliphatic hydroxyl groups is 1. The molecule has 1 aliphatic heterocycles. The van der Waals surface area contributed by atoms with E-state index in [0.717, 1.165) is 0 Å². The lowest BCUT2D eigenvalue weighted by atomic mass is 9.99. The van der Waals surface area contributed by atoms with Crippen LogP contribution in [0.3, 0.4) is 0 Å². The van der Waals surface area contributed by atoms with Gasteiger partial charge in [-0.1, -0.05) is 5.16 Å². The Bertz CT molecular complexity index is 759. The van der Waals surface area contributed by atoms with Gasteiger partial charge in [-0.25, -0.2) is 4.39 Å². The zero-order chi connectivity index (χ0) is 16.8. The SMILES string of the molecule is C[C@@H]1N(c2ccc(-c3noc(C(N)=O)n3)c(F)c2)CCC1(C)O. The molecule has 1 aromatic heterocycles. The van der Waals surface area contributed by atoms with Crippen LogP contribution in [0, 0.1) is 5.82 Å². The van der Waals surface area contributed by atoms with Gasteiger partial charge in [0.15, 0.2) is 0 Å². The van der Waals surface area contributed by atoms with Crippen LogP contribution in [0.5, 0.6) is 0 Å². The van der Waals surface area contributed by atoms with E-state index in [9.17, 15) is 14.3 Å². The van der Waals surface area contributed by atoms with Crippen LogP contribution in [0.2, 0.25) is 0 Å². The Kier molecular flexibility index (Phi) is 3.56. The third kappa shape index (κ3) is 2.65. The molecule has 1 unspecified atom stereocenters. The summed E-state index contributed by atoms with van der Waals surface area (Å²) < 4.78 is 19.1. The molecule has 1 amide bonds. The second kappa shape index (κ2) is 5.31. The zero-order valence-corrected chi connectivity index (χ0v) is 12.8. The number of amides is 1. The second-order valence-corrected chi connectivity index (χ2v) is 5.93. The number of hydrogen-bond donors (Lipinski definition) is 2. The Morgan fingerprint density at radius 3 is 2.83 bits per heavy atom. The molecule has 0 radical (unpaired) electrons. The van der Waals surface area contributed by atoms with Crippen molar-refractivity contribution in [3.8, 4) is 11.4 Å². The molecule has 0 spiro atoms. The molecular formula is C15H17FN4O3. The van der Waals surface area contributed by atoms with E-state index in [0.29, 0.717) is 18.7 Å². The van der Waals surface area contributed by atoms with Crippen molar-refractivity contribution >= 4 is 11.6 Å². The first kappa shape index (κ1) is 15.4. The van der Waals surface area contributed by atoms with Gasteiger partial charge in [0.2, 0.25) is 5.82 Å². The Morgan fingerprint density at radius 1 is 1.57 bits per heavy atom. The van der Waals surface area contributed by atoms with Crippen molar-refractivity contribution in [2.24, 2.45) is 5.73 Å². The van der Waals surface area contributed by atoms with Crippen molar-refractivity contribution < 1.29 is 18.8 Å². The van der Waals surface area contributed by atoms with Crippen molar-refractivity contribution in [2.45, 2.75) is 31.9 Å². The van der Waals surface area contributed by atoms with E-state index >= 15 is 0 Å². The van der Waals surface area contributed by atoms with Gasteiger partial charge < -0.3 is 20.3 Å². The van der Waals surface area contributed by atoms with Gasteiger partial charge in [-0.2, -0.15) is 4.98 Å². The maximum atomic E-state index is 14.4.